The first-order valence-corrected chi connectivity index (χ1v) is 7.53. The van der Waals surface area contributed by atoms with Gasteiger partial charge in [-0.2, -0.15) is 0 Å². The lowest BCUT2D eigenvalue weighted by Crippen LogP contribution is -2.26. The monoisotopic (exact) mass is 283 g/mol. The molecule has 0 radical (unpaired) electrons. The molecule has 1 N–H and O–H groups in total. The molecule has 0 saturated carbocycles. The fourth-order valence-electron chi connectivity index (χ4n) is 2.64. The Hall–Kier alpha value is -2.00. The summed E-state index contributed by atoms with van der Waals surface area (Å²) in [6.07, 6.45) is 1.00. The molecule has 3 rings (SSSR count). The molecule has 0 saturated heterocycles. The number of hydrogen-bond acceptors (Lipinski definition) is 3. The highest BCUT2D eigenvalue weighted by Crippen LogP contribution is 2.28. The van der Waals surface area contributed by atoms with Crippen LogP contribution in [0, 0.1) is 0 Å². The minimum absolute atomic E-state index is 0.195. The maximum Gasteiger partial charge on any atom is 0.122 e. The molecule has 1 aliphatic heterocycles. The average Bonchev–Trinajstić information content (AvgIpc) is 3.00. The van der Waals surface area contributed by atoms with Crippen LogP contribution in [0.15, 0.2) is 48.5 Å². The zero-order valence-electron chi connectivity index (χ0n) is 12.3. The summed E-state index contributed by atoms with van der Waals surface area (Å²) in [6.45, 7) is 4.45. The van der Waals surface area contributed by atoms with E-state index in [-0.39, 0.29) is 6.04 Å². The Labute approximate surface area is 125 Å². The van der Waals surface area contributed by atoms with Gasteiger partial charge in [-0.3, -0.25) is 0 Å². The van der Waals surface area contributed by atoms with Gasteiger partial charge in [0, 0.05) is 6.42 Å². The second-order valence-electron chi connectivity index (χ2n) is 5.20. The quantitative estimate of drug-likeness (QED) is 0.882. The van der Waals surface area contributed by atoms with Crippen molar-refractivity contribution in [2.24, 2.45) is 0 Å². The van der Waals surface area contributed by atoms with Crippen LogP contribution in [0.2, 0.25) is 0 Å². The number of hydrogen-bond donors (Lipinski definition) is 1. The van der Waals surface area contributed by atoms with Crippen molar-refractivity contribution in [2.75, 3.05) is 19.8 Å². The van der Waals surface area contributed by atoms with Gasteiger partial charge in [-0.15, -0.1) is 0 Å². The third kappa shape index (κ3) is 3.37. The van der Waals surface area contributed by atoms with Crippen molar-refractivity contribution < 1.29 is 9.47 Å². The summed E-state index contributed by atoms with van der Waals surface area (Å²) >= 11 is 0. The molecule has 0 bridgehead atoms. The van der Waals surface area contributed by atoms with Crippen LogP contribution in [-0.2, 0) is 6.42 Å². The average molecular weight is 283 g/mol. The van der Waals surface area contributed by atoms with Gasteiger partial charge in [0.2, 0.25) is 0 Å². The van der Waals surface area contributed by atoms with Crippen molar-refractivity contribution in [3.8, 4) is 11.5 Å². The van der Waals surface area contributed by atoms with Crippen molar-refractivity contribution in [1.29, 1.82) is 0 Å². The second kappa shape index (κ2) is 6.64. The van der Waals surface area contributed by atoms with E-state index >= 15 is 0 Å². The molecule has 2 aromatic carbocycles. The molecule has 1 heterocycles. The van der Waals surface area contributed by atoms with E-state index in [1.807, 2.05) is 30.3 Å². The van der Waals surface area contributed by atoms with E-state index < -0.39 is 0 Å². The van der Waals surface area contributed by atoms with Gasteiger partial charge in [-0.05, 0) is 35.9 Å². The molecular weight excluding hydrogens is 262 g/mol. The molecule has 21 heavy (non-hydrogen) atoms. The van der Waals surface area contributed by atoms with Crippen molar-refractivity contribution in [3.05, 3.63) is 59.7 Å². The Kier molecular flexibility index (Phi) is 4.41. The topological polar surface area (TPSA) is 30.5 Å². The molecule has 1 atom stereocenters. The van der Waals surface area contributed by atoms with Gasteiger partial charge in [0.05, 0.1) is 12.6 Å². The molecule has 0 aliphatic carbocycles. The second-order valence-corrected chi connectivity index (χ2v) is 5.20. The number of ether oxygens (including phenoxy) is 2. The van der Waals surface area contributed by atoms with Gasteiger partial charge in [0.15, 0.2) is 0 Å². The highest BCUT2D eigenvalue weighted by atomic mass is 16.5. The Morgan fingerprint density at radius 2 is 2.05 bits per heavy atom. The number of para-hydroxylation sites is 1. The van der Waals surface area contributed by atoms with Gasteiger partial charge >= 0.3 is 0 Å². The van der Waals surface area contributed by atoms with E-state index in [1.165, 1.54) is 11.1 Å². The van der Waals surface area contributed by atoms with Crippen LogP contribution in [0.1, 0.15) is 24.1 Å². The maximum atomic E-state index is 5.90. The summed E-state index contributed by atoms with van der Waals surface area (Å²) in [5.41, 5.74) is 2.56. The summed E-state index contributed by atoms with van der Waals surface area (Å²) in [6, 6.07) is 16.6. The Bertz CT molecular complexity index is 583. The summed E-state index contributed by atoms with van der Waals surface area (Å²) in [5.74, 6) is 1.93. The number of nitrogens with one attached hydrogen (secondary N) is 1. The van der Waals surface area contributed by atoms with Crippen molar-refractivity contribution in [1.82, 2.24) is 5.32 Å². The van der Waals surface area contributed by atoms with Crippen LogP contribution in [0.25, 0.3) is 0 Å². The zero-order valence-corrected chi connectivity index (χ0v) is 12.3. The maximum absolute atomic E-state index is 5.90. The first kappa shape index (κ1) is 14.0. The molecular formula is C18H21NO2. The predicted octanol–water partition coefficient (Wildman–Crippen LogP) is 3.35. The predicted molar refractivity (Wildman–Crippen MR) is 84.0 cm³/mol. The molecule has 0 amide bonds. The lowest BCUT2D eigenvalue weighted by Gasteiger charge is -2.19. The van der Waals surface area contributed by atoms with Gasteiger partial charge in [0.1, 0.15) is 18.1 Å². The fourth-order valence-corrected chi connectivity index (χ4v) is 2.64. The van der Waals surface area contributed by atoms with Gasteiger partial charge in [-0.25, -0.2) is 0 Å². The molecule has 1 aliphatic rings. The molecule has 3 nitrogen and oxygen atoms in total. The van der Waals surface area contributed by atoms with Crippen molar-refractivity contribution in [3.63, 3.8) is 0 Å². The van der Waals surface area contributed by atoms with Crippen molar-refractivity contribution in [2.45, 2.75) is 19.4 Å². The Balaban J connectivity index is 1.72. The molecule has 0 aromatic heterocycles. The Morgan fingerprint density at radius 1 is 1.19 bits per heavy atom. The molecule has 110 valence electrons. The van der Waals surface area contributed by atoms with Crippen LogP contribution in [-0.4, -0.2) is 19.8 Å². The van der Waals surface area contributed by atoms with Crippen LogP contribution in [0.4, 0.5) is 0 Å². The lowest BCUT2D eigenvalue weighted by molar-refractivity contribution is 0.268. The van der Waals surface area contributed by atoms with Gasteiger partial charge < -0.3 is 14.8 Å². The highest BCUT2D eigenvalue weighted by Gasteiger charge is 2.17. The molecule has 2 aromatic rings. The fraction of sp³-hybridized carbons (Fsp3) is 0.333. The number of rotatable bonds is 6. The normalized spacial score (nSPS) is 14.3. The van der Waals surface area contributed by atoms with Crippen LogP contribution < -0.4 is 14.8 Å². The van der Waals surface area contributed by atoms with E-state index in [2.05, 4.69) is 30.4 Å². The van der Waals surface area contributed by atoms with Crippen LogP contribution in [0.3, 0.4) is 0 Å². The summed E-state index contributed by atoms with van der Waals surface area (Å²) in [4.78, 5) is 0. The number of fused-ring (bicyclic) bond motifs is 1. The first-order chi connectivity index (χ1) is 10.4. The summed E-state index contributed by atoms with van der Waals surface area (Å²) in [7, 11) is 0. The van der Waals surface area contributed by atoms with Crippen molar-refractivity contribution >= 4 is 0 Å². The van der Waals surface area contributed by atoms with E-state index in [0.717, 1.165) is 31.1 Å². The molecule has 1 unspecified atom stereocenters. The SMILES string of the molecule is CCNC(COc1ccccc1)c1ccc2c(c1)CCO2. The van der Waals surface area contributed by atoms with E-state index in [9.17, 15) is 0 Å². The Morgan fingerprint density at radius 3 is 2.86 bits per heavy atom. The zero-order chi connectivity index (χ0) is 14.5. The van der Waals surface area contributed by atoms with E-state index in [1.54, 1.807) is 0 Å². The van der Waals surface area contributed by atoms with Crippen LogP contribution >= 0.6 is 0 Å². The van der Waals surface area contributed by atoms with Gasteiger partial charge in [0.25, 0.3) is 0 Å². The molecule has 0 fully saturated rings. The summed E-state index contributed by atoms with van der Waals surface area (Å²) in [5, 5.41) is 3.49. The van der Waals surface area contributed by atoms with Gasteiger partial charge in [-0.1, -0.05) is 37.3 Å². The van der Waals surface area contributed by atoms with Crippen LogP contribution in [0.5, 0.6) is 11.5 Å². The first-order valence-electron chi connectivity index (χ1n) is 7.53. The summed E-state index contributed by atoms with van der Waals surface area (Å²) < 4.78 is 11.5. The third-order valence-electron chi connectivity index (χ3n) is 3.73. The lowest BCUT2D eigenvalue weighted by atomic mass is 10.0. The van der Waals surface area contributed by atoms with E-state index in [4.69, 9.17) is 9.47 Å². The molecule has 3 heteroatoms. The largest absolute Gasteiger partial charge is 0.493 e. The molecule has 0 spiro atoms. The third-order valence-corrected chi connectivity index (χ3v) is 3.73. The number of likely N-dealkylation sites (N-methyl/N-ethyl adjacent to an activating group) is 1. The minimum atomic E-state index is 0.195. The minimum Gasteiger partial charge on any atom is -0.493 e. The smallest absolute Gasteiger partial charge is 0.122 e. The number of benzene rings is 2. The van der Waals surface area contributed by atoms with E-state index in [0.29, 0.717) is 6.61 Å². The highest BCUT2D eigenvalue weighted by molar-refractivity contribution is 5.41. The standard InChI is InChI=1S/C18H21NO2/c1-2-19-17(13-21-16-6-4-3-5-7-16)14-8-9-18-15(12-14)10-11-20-18/h3-9,12,17,19H,2,10-11,13H2,1H3.